The Hall–Kier alpha value is -3.55. The van der Waals surface area contributed by atoms with Crippen molar-refractivity contribution in [1.29, 1.82) is 0 Å². The summed E-state index contributed by atoms with van der Waals surface area (Å²) in [7, 11) is 0. The van der Waals surface area contributed by atoms with E-state index in [1.54, 1.807) is 45.8 Å². The first-order valence-electron chi connectivity index (χ1n) is 9.68. The highest BCUT2D eigenvalue weighted by atomic mass is 16.6. The van der Waals surface area contributed by atoms with Crippen LogP contribution in [0.1, 0.15) is 33.9 Å². The topological polar surface area (TPSA) is 85.2 Å². The number of nitrogens with zero attached hydrogens (tertiary/aromatic N) is 3. The highest BCUT2D eigenvalue weighted by Crippen LogP contribution is 2.32. The maximum Gasteiger partial charge on any atom is 0.292 e. The summed E-state index contributed by atoms with van der Waals surface area (Å²) in [6.45, 7) is 2.43. The lowest BCUT2D eigenvalue weighted by atomic mass is 10.2. The number of hydrogen-bond acceptors (Lipinski definition) is 5. The molecule has 0 aliphatic carbocycles. The van der Waals surface area contributed by atoms with Gasteiger partial charge in [-0.1, -0.05) is 6.07 Å². The fourth-order valence-electron chi connectivity index (χ4n) is 3.73. The lowest BCUT2D eigenvalue weighted by Crippen LogP contribution is -2.28. The van der Waals surface area contributed by atoms with E-state index in [0.29, 0.717) is 41.6 Å². The summed E-state index contributed by atoms with van der Waals surface area (Å²) in [5, 5.41) is 2.84. The van der Waals surface area contributed by atoms with Crippen molar-refractivity contribution in [3.8, 4) is 11.5 Å². The number of carbonyl (C=O) groups excluding carboxylic acids is 2. The van der Waals surface area contributed by atoms with Gasteiger partial charge in [0.1, 0.15) is 13.2 Å². The fraction of sp³-hybridized carbons (Fsp3) is 0.286. The van der Waals surface area contributed by atoms with Crippen LogP contribution in [0, 0.1) is 0 Å². The van der Waals surface area contributed by atoms with E-state index < -0.39 is 5.91 Å². The van der Waals surface area contributed by atoms with E-state index >= 15 is 0 Å². The molecule has 1 N–H and O–H groups in total. The van der Waals surface area contributed by atoms with Gasteiger partial charge in [-0.05, 0) is 37.1 Å². The number of aromatic nitrogens is 2. The number of fused-ring (bicyclic) bond motifs is 2. The van der Waals surface area contributed by atoms with Gasteiger partial charge in [-0.3, -0.25) is 14.0 Å². The molecule has 0 unspecified atom stereocenters. The number of anilines is 1. The van der Waals surface area contributed by atoms with E-state index in [2.05, 4.69) is 10.3 Å². The molecule has 3 aromatic rings. The van der Waals surface area contributed by atoms with Crippen LogP contribution in [0.2, 0.25) is 0 Å². The van der Waals surface area contributed by atoms with E-state index in [4.69, 9.17) is 9.47 Å². The monoisotopic (exact) mass is 392 g/mol. The van der Waals surface area contributed by atoms with Crippen LogP contribution < -0.4 is 14.8 Å². The van der Waals surface area contributed by atoms with Crippen molar-refractivity contribution in [1.82, 2.24) is 14.3 Å². The Balaban J connectivity index is 1.46. The van der Waals surface area contributed by atoms with Crippen LogP contribution >= 0.6 is 0 Å². The Morgan fingerprint density at radius 2 is 1.79 bits per heavy atom. The minimum atomic E-state index is -0.400. The Labute approximate surface area is 167 Å². The van der Waals surface area contributed by atoms with E-state index in [1.165, 1.54) is 0 Å². The molecule has 0 bridgehead atoms. The van der Waals surface area contributed by atoms with E-state index in [1.807, 2.05) is 6.07 Å². The average molecular weight is 392 g/mol. The summed E-state index contributed by atoms with van der Waals surface area (Å²) in [6, 6.07) is 10.7. The van der Waals surface area contributed by atoms with Crippen LogP contribution in [0.25, 0.3) is 5.52 Å². The van der Waals surface area contributed by atoms with Gasteiger partial charge in [0.2, 0.25) is 5.82 Å². The molecule has 0 spiro atoms. The zero-order valence-electron chi connectivity index (χ0n) is 15.8. The van der Waals surface area contributed by atoms with Crippen LogP contribution in [-0.2, 0) is 0 Å². The molecule has 1 fully saturated rings. The lowest BCUT2D eigenvalue weighted by Gasteiger charge is -2.18. The largest absolute Gasteiger partial charge is 0.486 e. The molecule has 148 valence electrons. The molecule has 2 aliphatic rings. The molecule has 1 aromatic carbocycles. The Morgan fingerprint density at radius 1 is 1.00 bits per heavy atom. The number of amides is 2. The van der Waals surface area contributed by atoms with Crippen molar-refractivity contribution < 1.29 is 19.1 Å². The summed E-state index contributed by atoms with van der Waals surface area (Å²) in [4.78, 5) is 32.1. The highest BCUT2D eigenvalue weighted by Gasteiger charge is 2.27. The Morgan fingerprint density at radius 3 is 2.62 bits per heavy atom. The van der Waals surface area contributed by atoms with E-state index in [0.717, 1.165) is 25.9 Å². The molecule has 5 rings (SSSR count). The molecule has 8 nitrogen and oxygen atoms in total. The normalized spacial score (nSPS) is 15.5. The minimum Gasteiger partial charge on any atom is -0.486 e. The van der Waals surface area contributed by atoms with Crippen molar-refractivity contribution in [2.75, 3.05) is 31.6 Å². The first-order chi connectivity index (χ1) is 14.2. The number of hydrogen-bond donors (Lipinski definition) is 1. The second kappa shape index (κ2) is 7.12. The minimum absolute atomic E-state index is 0.135. The SMILES string of the molecule is O=C(Nc1ccc2c(c1)OCCO2)c1nc(C(=O)N2CCCC2)c2ccccn12. The number of carbonyl (C=O) groups is 2. The third kappa shape index (κ3) is 3.16. The molecular weight excluding hydrogens is 372 g/mol. The van der Waals surface area contributed by atoms with E-state index in [-0.39, 0.29) is 11.7 Å². The molecule has 1 saturated heterocycles. The summed E-state index contributed by atoms with van der Waals surface area (Å²) in [5.41, 5.74) is 1.50. The zero-order valence-corrected chi connectivity index (χ0v) is 15.8. The van der Waals surface area contributed by atoms with Crippen LogP contribution in [0.5, 0.6) is 11.5 Å². The standard InChI is InChI=1S/C21H20N4O4/c26-20(22-14-6-7-16-17(13-14)29-12-11-28-16)19-23-18(15-5-1-2-10-25(15)19)21(27)24-8-3-4-9-24/h1-2,5-7,10,13H,3-4,8-9,11-12H2,(H,22,26). The number of benzene rings is 1. The lowest BCUT2D eigenvalue weighted by molar-refractivity contribution is 0.0789. The van der Waals surface area contributed by atoms with Gasteiger partial charge in [0.15, 0.2) is 17.2 Å². The number of rotatable bonds is 3. The summed E-state index contributed by atoms with van der Waals surface area (Å²) in [6.07, 6.45) is 3.73. The average Bonchev–Trinajstić information content (AvgIpc) is 3.42. The zero-order chi connectivity index (χ0) is 19.8. The number of ether oxygens (including phenoxy) is 2. The molecule has 0 saturated carbocycles. The maximum atomic E-state index is 13.0. The number of nitrogens with one attached hydrogen (secondary N) is 1. The molecule has 0 radical (unpaired) electrons. The molecule has 2 aliphatic heterocycles. The molecular formula is C21H20N4O4. The van der Waals surface area contributed by atoms with Crippen LogP contribution in [0.15, 0.2) is 42.6 Å². The van der Waals surface area contributed by atoms with Gasteiger partial charge in [0, 0.05) is 31.0 Å². The maximum absolute atomic E-state index is 13.0. The Bertz CT molecular complexity index is 1100. The number of pyridine rings is 1. The van der Waals surface area contributed by atoms with Crippen LogP contribution in [0.4, 0.5) is 5.69 Å². The van der Waals surface area contributed by atoms with E-state index in [9.17, 15) is 9.59 Å². The second-order valence-electron chi connectivity index (χ2n) is 7.05. The predicted molar refractivity (Wildman–Crippen MR) is 106 cm³/mol. The van der Waals surface area contributed by atoms with Crippen molar-refractivity contribution in [2.45, 2.75) is 12.8 Å². The molecule has 2 aromatic heterocycles. The number of likely N-dealkylation sites (tertiary alicyclic amines) is 1. The van der Waals surface area contributed by atoms with Crippen molar-refractivity contribution >= 4 is 23.0 Å². The van der Waals surface area contributed by atoms with Gasteiger partial charge in [-0.2, -0.15) is 0 Å². The third-order valence-electron chi connectivity index (χ3n) is 5.15. The molecule has 4 heterocycles. The first-order valence-corrected chi connectivity index (χ1v) is 9.68. The Kier molecular flexibility index (Phi) is 4.31. The summed E-state index contributed by atoms with van der Waals surface area (Å²) in [5.74, 6) is 0.872. The smallest absolute Gasteiger partial charge is 0.292 e. The fourth-order valence-corrected chi connectivity index (χ4v) is 3.73. The van der Waals surface area contributed by atoms with Gasteiger partial charge in [-0.25, -0.2) is 4.98 Å². The van der Waals surface area contributed by atoms with Crippen LogP contribution in [0.3, 0.4) is 0 Å². The van der Waals surface area contributed by atoms with Gasteiger partial charge in [0.05, 0.1) is 5.52 Å². The predicted octanol–water partition coefficient (Wildman–Crippen LogP) is 2.59. The molecule has 0 atom stereocenters. The highest BCUT2D eigenvalue weighted by molar-refractivity contribution is 6.06. The third-order valence-corrected chi connectivity index (χ3v) is 5.15. The number of imidazole rings is 1. The van der Waals surface area contributed by atoms with Crippen molar-refractivity contribution in [3.63, 3.8) is 0 Å². The first kappa shape index (κ1) is 17.5. The van der Waals surface area contributed by atoms with Crippen molar-refractivity contribution in [3.05, 3.63) is 54.1 Å². The van der Waals surface area contributed by atoms with Crippen LogP contribution in [-0.4, -0.2) is 52.4 Å². The summed E-state index contributed by atoms with van der Waals surface area (Å²) >= 11 is 0. The second-order valence-corrected chi connectivity index (χ2v) is 7.05. The van der Waals surface area contributed by atoms with Gasteiger partial charge < -0.3 is 19.7 Å². The molecule has 2 amide bonds. The summed E-state index contributed by atoms with van der Waals surface area (Å²) < 4.78 is 12.7. The van der Waals surface area contributed by atoms with Crippen molar-refractivity contribution in [2.24, 2.45) is 0 Å². The molecule has 29 heavy (non-hydrogen) atoms. The molecule has 8 heteroatoms. The van der Waals surface area contributed by atoms with Gasteiger partial charge in [-0.15, -0.1) is 0 Å². The quantitative estimate of drug-likeness (QED) is 0.741. The van der Waals surface area contributed by atoms with Gasteiger partial charge in [0.25, 0.3) is 11.8 Å². The van der Waals surface area contributed by atoms with Gasteiger partial charge >= 0.3 is 0 Å².